The molecule has 1 aliphatic heterocycles. The van der Waals surface area contributed by atoms with E-state index in [1.54, 1.807) is 18.3 Å². The van der Waals surface area contributed by atoms with E-state index in [4.69, 9.17) is 26.1 Å². The Bertz CT molecular complexity index is 1250. The number of piperidine rings is 1. The molecule has 4 rings (SSSR count). The van der Waals surface area contributed by atoms with Crippen molar-refractivity contribution in [3.05, 3.63) is 28.9 Å². The Balaban J connectivity index is 1.66. The van der Waals surface area contributed by atoms with Gasteiger partial charge in [-0.1, -0.05) is 37.2 Å². The van der Waals surface area contributed by atoms with Crippen LogP contribution in [0, 0.1) is 11.3 Å². The molecule has 1 N–H and O–H groups in total. The maximum atomic E-state index is 13.4. The molecule has 7 nitrogen and oxygen atoms in total. The molecule has 0 atom stereocenters. The van der Waals surface area contributed by atoms with E-state index in [1.165, 1.54) is 18.9 Å². The van der Waals surface area contributed by atoms with Crippen molar-refractivity contribution in [1.29, 1.82) is 5.26 Å². The van der Waals surface area contributed by atoms with Crippen LogP contribution in [0.2, 0.25) is 5.02 Å². The number of benzene rings is 1. The van der Waals surface area contributed by atoms with Gasteiger partial charge < -0.3 is 14.5 Å². The number of methoxy groups -OCH3 is 1. The molecular formula is C24H26ClF2N5O2S. The fourth-order valence-electron chi connectivity index (χ4n) is 3.94. The van der Waals surface area contributed by atoms with Crippen LogP contribution >= 0.6 is 23.4 Å². The van der Waals surface area contributed by atoms with Crippen LogP contribution in [0.15, 0.2) is 23.5 Å². The van der Waals surface area contributed by atoms with Crippen LogP contribution in [-0.4, -0.2) is 64.4 Å². The van der Waals surface area contributed by atoms with E-state index in [-0.39, 0.29) is 18.1 Å². The van der Waals surface area contributed by atoms with Crippen molar-refractivity contribution in [2.75, 3.05) is 33.4 Å². The van der Waals surface area contributed by atoms with Gasteiger partial charge in [0.05, 0.1) is 28.8 Å². The van der Waals surface area contributed by atoms with E-state index < -0.39 is 5.92 Å². The summed E-state index contributed by atoms with van der Waals surface area (Å²) in [5.41, 5.74) is 2.05. The zero-order valence-electron chi connectivity index (χ0n) is 19.7. The van der Waals surface area contributed by atoms with Gasteiger partial charge in [0, 0.05) is 55.6 Å². The lowest BCUT2D eigenvalue weighted by Crippen LogP contribution is -2.41. The molecule has 186 valence electrons. The highest BCUT2D eigenvalue weighted by Crippen LogP contribution is 2.41. The largest absolute Gasteiger partial charge is 0.493 e. The molecule has 0 aliphatic carbocycles. The minimum Gasteiger partial charge on any atom is -0.493 e. The number of rotatable bonds is 8. The molecule has 0 spiro atoms. The first-order chi connectivity index (χ1) is 16.7. The number of ether oxygens (including phenoxy) is 2. The zero-order valence-corrected chi connectivity index (χ0v) is 21.3. The summed E-state index contributed by atoms with van der Waals surface area (Å²) in [7, 11) is 1.52. The van der Waals surface area contributed by atoms with E-state index in [9.17, 15) is 14.0 Å². The number of alkyl halides is 2. The van der Waals surface area contributed by atoms with Gasteiger partial charge in [-0.05, 0) is 6.07 Å². The number of fused-ring (bicyclic) bond motifs is 1. The average Bonchev–Trinajstić information content (AvgIpc) is 3.23. The Kier molecular flexibility index (Phi) is 7.69. The first-order valence-electron chi connectivity index (χ1n) is 11.3. The van der Waals surface area contributed by atoms with Gasteiger partial charge in [-0.25, -0.2) is 18.7 Å². The first-order valence-corrected chi connectivity index (χ1v) is 12.5. The summed E-state index contributed by atoms with van der Waals surface area (Å²) in [5.74, 6) is -1.68. The summed E-state index contributed by atoms with van der Waals surface area (Å²) in [6.45, 7) is 5.56. The Labute approximate surface area is 211 Å². The van der Waals surface area contributed by atoms with Crippen LogP contribution in [0.3, 0.4) is 0 Å². The smallest absolute Gasteiger partial charge is 0.250 e. The average molecular weight is 522 g/mol. The van der Waals surface area contributed by atoms with Crippen LogP contribution in [0.5, 0.6) is 11.5 Å². The van der Waals surface area contributed by atoms with Crippen molar-refractivity contribution in [2.24, 2.45) is 0 Å². The Morgan fingerprint density at radius 2 is 2.00 bits per heavy atom. The molecule has 3 aromatic rings. The summed E-state index contributed by atoms with van der Waals surface area (Å²) in [6, 6.07) is 5.57. The SMILES string of the molecule is COc1cc(Cl)c(-c2nc(SC(C)C)nc3[nH]cc(C#N)c23)cc1OCCN1CCC(F)(F)CC1. The van der Waals surface area contributed by atoms with Crippen molar-refractivity contribution < 1.29 is 18.3 Å². The van der Waals surface area contributed by atoms with Crippen LogP contribution in [0.25, 0.3) is 22.3 Å². The minimum atomic E-state index is -2.58. The van der Waals surface area contributed by atoms with Crippen molar-refractivity contribution in [1.82, 2.24) is 19.9 Å². The number of likely N-dealkylation sites (tertiary alicyclic amines) is 1. The van der Waals surface area contributed by atoms with Crippen LogP contribution < -0.4 is 9.47 Å². The van der Waals surface area contributed by atoms with Crippen LogP contribution in [0.4, 0.5) is 8.78 Å². The highest BCUT2D eigenvalue weighted by molar-refractivity contribution is 7.99. The number of hydrogen-bond donors (Lipinski definition) is 1. The second-order valence-corrected chi connectivity index (χ2v) is 10.5. The number of nitrogens with one attached hydrogen (secondary N) is 1. The van der Waals surface area contributed by atoms with Crippen LogP contribution in [0.1, 0.15) is 32.3 Å². The monoisotopic (exact) mass is 521 g/mol. The number of thioether (sulfide) groups is 1. The molecule has 2 aromatic heterocycles. The topological polar surface area (TPSA) is 87.1 Å². The first kappa shape index (κ1) is 25.5. The van der Waals surface area contributed by atoms with Gasteiger partial charge in [0.1, 0.15) is 18.3 Å². The van der Waals surface area contributed by atoms with Gasteiger partial charge in [0.2, 0.25) is 0 Å². The maximum Gasteiger partial charge on any atom is 0.250 e. The number of nitrogens with zero attached hydrogens (tertiary/aromatic N) is 4. The molecule has 1 saturated heterocycles. The van der Waals surface area contributed by atoms with E-state index in [0.29, 0.717) is 75.8 Å². The Morgan fingerprint density at radius 1 is 1.26 bits per heavy atom. The summed E-state index contributed by atoms with van der Waals surface area (Å²) < 4.78 is 38.3. The highest BCUT2D eigenvalue weighted by Gasteiger charge is 2.33. The lowest BCUT2D eigenvalue weighted by molar-refractivity contribution is -0.0564. The molecule has 0 bridgehead atoms. The van der Waals surface area contributed by atoms with Gasteiger partial charge in [-0.2, -0.15) is 5.26 Å². The summed E-state index contributed by atoms with van der Waals surface area (Å²) >= 11 is 8.15. The number of halogens is 3. The lowest BCUT2D eigenvalue weighted by Gasteiger charge is -2.31. The lowest BCUT2D eigenvalue weighted by atomic mass is 10.1. The van der Waals surface area contributed by atoms with Crippen LogP contribution in [-0.2, 0) is 0 Å². The fraction of sp³-hybridized carbons (Fsp3) is 0.458. The molecule has 1 aliphatic rings. The number of nitriles is 1. The maximum absolute atomic E-state index is 13.4. The molecule has 0 radical (unpaired) electrons. The Morgan fingerprint density at radius 3 is 2.66 bits per heavy atom. The van der Waals surface area contributed by atoms with Crippen molar-refractivity contribution in [2.45, 2.75) is 43.0 Å². The predicted octanol–water partition coefficient (Wildman–Crippen LogP) is 5.77. The van der Waals surface area contributed by atoms with Gasteiger partial charge in [0.25, 0.3) is 5.92 Å². The van der Waals surface area contributed by atoms with Gasteiger partial charge in [-0.15, -0.1) is 0 Å². The fourth-order valence-corrected chi connectivity index (χ4v) is 4.89. The van der Waals surface area contributed by atoms with Gasteiger partial charge in [-0.3, -0.25) is 4.90 Å². The minimum absolute atomic E-state index is 0.139. The summed E-state index contributed by atoms with van der Waals surface area (Å²) in [4.78, 5) is 14.3. The molecule has 0 saturated carbocycles. The molecule has 11 heteroatoms. The predicted molar refractivity (Wildman–Crippen MR) is 133 cm³/mol. The normalized spacial score (nSPS) is 15.9. The van der Waals surface area contributed by atoms with Crippen molar-refractivity contribution >= 4 is 34.4 Å². The molecule has 0 amide bonds. The van der Waals surface area contributed by atoms with E-state index in [2.05, 4.69) is 16.0 Å². The summed E-state index contributed by atoms with van der Waals surface area (Å²) in [5, 5.41) is 11.4. The quantitative estimate of drug-likeness (QED) is 0.297. The van der Waals surface area contributed by atoms with Gasteiger partial charge >= 0.3 is 0 Å². The third-order valence-corrected chi connectivity index (χ3v) is 6.91. The molecule has 0 unspecified atom stereocenters. The van der Waals surface area contributed by atoms with E-state index in [0.717, 1.165) is 0 Å². The second kappa shape index (κ2) is 10.6. The molecular weight excluding hydrogens is 496 g/mol. The van der Waals surface area contributed by atoms with E-state index >= 15 is 0 Å². The van der Waals surface area contributed by atoms with Crippen molar-refractivity contribution in [3.63, 3.8) is 0 Å². The molecule has 3 heterocycles. The number of aromatic nitrogens is 3. The van der Waals surface area contributed by atoms with E-state index in [1.807, 2.05) is 18.7 Å². The van der Waals surface area contributed by atoms with Gasteiger partial charge in [0.15, 0.2) is 16.7 Å². The number of hydrogen-bond acceptors (Lipinski definition) is 7. The number of H-pyrrole nitrogens is 1. The third-order valence-electron chi connectivity index (χ3n) is 5.73. The molecule has 1 aromatic carbocycles. The summed E-state index contributed by atoms with van der Waals surface area (Å²) in [6.07, 6.45) is 1.32. The highest BCUT2D eigenvalue weighted by atomic mass is 35.5. The second-order valence-electron chi connectivity index (χ2n) is 8.59. The molecule has 1 fully saturated rings. The standard InChI is InChI=1S/C24H26ClF2N5O2S/c1-14(2)35-23-30-21(20-15(12-28)13-29-22(20)31-23)16-10-19(18(33-3)11-17(16)25)34-9-8-32-6-4-24(26,27)5-7-32/h10-11,13-14H,4-9H2,1-3H3,(H,29,30,31). The molecule has 35 heavy (non-hydrogen) atoms. The third kappa shape index (κ3) is 5.80. The number of aromatic amines is 1. The Hall–Kier alpha value is -2.61. The zero-order chi connectivity index (χ0) is 25.2. The van der Waals surface area contributed by atoms with Crippen molar-refractivity contribution in [3.8, 4) is 28.8 Å².